The van der Waals surface area contributed by atoms with Crippen molar-refractivity contribution in [1.82, 2.24) is 5.32 Å². The Labute approximate surface area is 120 Å². The molecule has 0 aromatic carbocycles. The quantitative estimate of drug-likeness (QED) is 0.754. The first-order valence-corrected chi connectivity index (χ1v) is 8.79. The minimum Gasteiger partial charge on any atom is -0.311 e. The van der Waals surface area contributed by atoms with Gasteiger partial charge in [0.1, 0.15) is 0 Å². The van der Waals surface area contributed by atoms with Gasteiger partial charge in [0.15, 0.2) is 0 Å². The lowest BCUT2D eigenvalue weighted by molar-refractivity contribution is 0.188. The fraction of sp³-hybridized carbons (Fsp3) is 1.00. The normalized spacial score (nSPS) is 40.6. The summed E-state index contributed by atoms with van der Waals surface area (Å²) in [7, 11) is 0. The molecule has 0 bridgehead atoms. The SMILES string of the molecule is CC(C)CC1CCCC(NC2CC(C)CC(C)C2)C1. The standard InChI is InChI=1S/C18H35N/c1-13(2)8-16-6-5-7-17(12-16)19-18-10-14(3)9-15(4)11-18/h13-19H,5-12H2,1-4H3. The van der Waals surface area contributed by atoms with E-state index in [0.717, 1.165) is 35.8 Å². The molecule has 0 heterocycles. The van der Waals surface area contributed by atoms with Crippen LogP contribution in [0.1, 0.15) is 79.1 Å². The Kier molecular flexibility index (Phi) is 5.74. The van der Waals surface area contributed by atoms with E-state index in [-0.39, 0.29) is 0 Å². The molecule has 0 aliphatic heterocycles. The summed E-state index contributed by atoms with van der Waals surface area (Å²) in [5, 5.41) is 4.02. The molecule has 0 amide bonds. The molecule has 0 radical (unpaired) electrons. The first-order chi connectivity index (χ1) is 9.02. The smallest absolute Gasteiger partial charge is 0.00747 e. The summed E-state index contributed by atoms with van der Waals surface area (Å²) < 4.78 is 0. The molecular formula is C18H35N. The molecular weight excluding hydrogens is 230 g/mol. The molecule has 0 aromatic heterocycles. The van der Waals surface area contributed by atoms with Crippen LogP contribution < -0.4 is 5.32 Å². The van der Waals surface area contributed by atoms with Gasteiger partial charge in [-0.3, -0.25) is 0 Å². The van der Waals surface area contributed by atoms with E-state index in [1.807, 2.05) is 0 Å². The van der Waals surface area contributed by atoms with Crippen LogP contribution in [0.5, 0.6) is 0 Å². The Morgan fingerprint density at radius 2 is 1.58 bits per heavy atom. The molecule has 1 N–H and O–H groups in total. The van der Waals surface area contributed by atoms with Crippen LogP contribution in [0.3, 0.4) is 0 Å². The fourth-order valence-electron chi connectivity index (χ4n) is 4.74. The van der Waals surface area contributed by atoms with Gasteiger partial charge in [0, 0.05) is 12.1 Å². The van der Waals surface area contributed by atoms with Crippen LogP contribution in [0.15, 0.2) is 0 Å². The molecule has 2 aliphatic carbocycles. The van der Waals surface area contributed by atoms with Crippen LogP contribution in [-0.2, 0) is 0 Å². The molecule has 4 unspecified atom stereocenters. The summed E-state index contributed by atoms with van der Waals surface area (Å²) in [6, 6.07) is 1.63. The van der Waals surface area contributed by atoms with E-state index in [1.165, 1.54) is 51.4 Å². The van der Waals surface area contributed by atoms with Crippen molar-refractivity contribution in [2.45, 2.75) is 91.1 Å². The fourth-order valence-corrected chi connectivity index (χ4v) is 4.74. The topological polar surface area (TPSA) is 12.0 Å². The average Bonchev–Trinajstić information content (AvgIpc) is 2.26. The Hall–Kier alpha value is -0.0400. The Balaban J connectivity index is 1.78. The van der Waals surface area contributed by atoms with Gasteiger partial charge in [0.25, 0.3) is 0 Å². The van der Waals surface area contributed by atoms with Gasteiger partial charge in [-0.15, -0.1) is 0 Å². The highest BCUT2D eigenvalue weighted by Gasteiger charge is 2.28. The highest BCUT2D eigenvalue weighted by Crippen LogP contribution is 2.32. The second-order valence-corrected chi connectivity index (χ2v) is 8.14. The van der Waals surface area contributed by atoms with Crippen LogP contribution in [-0.4, -0.2) is 12.1 Å². The third-order valence-corrected chi connectivity index (χ3v) is 5.24. The first-order valence-electron chi connectivity index (χ1n) is 8.79. The maximum absolute atomic E-state index is 4.02. The van der Waals surface area contributed by atoms with E-state index < -0.39 is 0 Å². The van der Waals surface area contributed by atoms with E-state index in [4.69, 9.17) is 0 Å². The summed E-state index contributed by atoms with van der Waals surface area (Å²) in [4.78, 5) is 0. The summed E-state index contributed by atoms with van der Waals surface area (Å²) in [6.45, 7) is 9.63. The molecule has 0 aromatic rings. The molecule has 2 rings (SSSR count). The lowest BCUT2D eigenvalue weighted by atomic mass is 9.78. The van der Waals surface area contributed by atoms with Crippen LogP contribution in [0.2, 0.25) is 0 Å². The summed E-state index contributed by atoms with van der Waals surface area (Å²) in [6.07, 6.45) is 11.5. The molecule has 1 nitrogen and oxygen atoms in total. The van der Waals surface area contributed by atoms with Crippen molar-refractivity contribution in [3.63, 3.8) is 0 Å². The van der Waals surface area contributed by atoms with Crippen molar-refractivity contribution in [2.75, 3.05) is 0 Å². The minimum absolute atomic E-state index is 0.807. The van der Waals surface area contributed by atoms with Crippen molar-refractivity contribution < 1.29 is 0 Å². The molecule has 112 valence electrons. The molecule has 2 fully saturated rings. The van der Waals surface area contributed by atoms with E-state index in [9.17, 15) is 0 Å². The zero-order valence-corrected chi connectivity index (χ0v) is 13.6. The molecule has 2 aliphatic rings. The molecule has 4 atom stereocenters. The van der Waals surface area contributed by atoms with Crippen LogP contribution in [0, 0.1) is 23.7 Å². The van der Waals surface area contributed by atoms with Crippen molar-refractivity contribution in [2.24, 2.45) is 23.7 Å². The summed E-state index contributed by atoms with van der Waals surface area (Å²) >= 11 is 0. The monoisotopic (exact) mass is 265 g/mol. The summed E-state index contributed by atoms with van der Waals surface area (Å²) in [5.74, 6) is 3.72. The Morgan fingerprint density at radius 1 is 0.895 bits per heavy atom. The molecule has 0 saturated heterocycles. The van der Waals surface area contributed by atoms with Crippen LogP contribution >= 0.6 is 0 Å². The van der Waals surface area contributed by atoms with E-state index in [1.54, 1.807) is 0 Å². The second-order valence-electron chi connectivity index (χ2n) is 8.14. The minimum atomic E-state index is 0.807. The lowest BCUT2D eigenvalue weighted by Crippen LogP contribution is -2.44. The molecule has 0 spiro atoms. The van der Waals surface area contributed by atoms with E-state index >= 15 is 0 Å². The van der Waals surface area contributed by atoms with Gasteiger partial charge in [0.05, 0.1) is 0 Å². The number of hydrogen-bond acceptors (Lipinski definition) is 1. The molecule has 2 saturated carbocycles. The zero-order chi connectivity index (χ0) is 13.8. The zero-order valence-electron chi connectivity index (χ0n) is 13.6. The predicted molar refractivity (Wildman–Crippen MR) is 84.3 cm³/mol. The lowest BCUT2D eigenvalue weighted by Gasteiger charge is -2.38. The van der Waals surface area contributed by atoms with Crippen molar-refractivity contribution in [3.05, 3.63) is 0 Å². The number of hydrogen-bond donors (Lipinski definition) is 1. The van der Waals surface area contributed by atoms with E-state index in [2.05, 4.69) is 33.0 Å². The van der Waals surface area contributed by atoms with Crippen LogP contribution in [0.4, 0.5) is 0 Å². The van der Waals surface area contributed by atoms with Gasteiger partial charge in [-0.25, -0.2) is 0 Å². The average molecular weight is 265 g/mol. The van der Waals surface area contributed by atoms with Gasteiger partial charge in [-0.1, -0.05) is 40.5 Å². The Bertz CT molecular complexity index is 250. The third-order valence-electron chi connectivity index (χ3n) is 5.24. The highest BCUT2D eigenvalue weighted by molar-refractivity contribution is 4.85. The van der Waals surface area contributed by atoms with Gasteiger partial charge in [-0.2, -0.15) is 0 Å². The van der Waals surface area contributed by atoms with Gasteiger partial charge in [-0.05, 0) is 62.2 Å². The highest BCUT2D eigenvalue weighted by atomic mass is 15.0. The number of rotatable bonds is 4. The van der Waals surface area contributed by atoms with E-state index in [0.29, 0.717) is 0 Å². The van der Waals surface area contributed by atoms with Crippen molar-refractivity contribution in [1.29, 1.82) is 0 Å². The summed E-state index contributed by atoms with van der Waals surface area (Å²) in [5.41, 5.74) is 0. The second kappa shape index (κ2) is 7.11. The third kappa shape index (κ3) is 5.10. The maximum atomic E-state index is 4.02. The van der Waals surface area contributed by atoms with Gasteiger partial charge >= 0.3 is 0 Å². The van der Waals surface area contributed by atoms with Crippen LogP contribution in [0.25, 0.3) is 0 Å². The predicted octanol–water partition coefficient (Wildman–Crippen LogP) is 5.01. The number of nitrogens with one attached hydrogen (secondary N) is 1. The molecule has 19 heavy (non-hydrogen) atoms. The first kappa shape index (κ1) is 15.4. The van der Waals surface area contributed by atoms with Crippen molar-refractivity contribution >= 4 is 0 Å². The van der Waals surface area contributed by atoms with Gasteiger partial charge in [0.2, 0.25) is 0 Å². The van der Waals surface area contributed by atoms with Gasteiger partial charge < -0.3 is 5.32 Å². The maximum Gasteiger partial charge on any atom is 0.00747 e. The Morgan fingerprint density at radius 3 is 2.21 bits per heavy atom. The molecule has 1 heteroatoms. The van der Waals surface area contributed by atoms with Crippen molar-refractivity contribution in [3.8, 4) is 0 Å². The largest absolute Gasteiger partial charge is 0.311 e.